The van der Waals surface area contributed by atoms with Gasteiger partial charge in [-0.1, -0.05) is 31.0 Å². The van der Waals surface area contributed by atoms with E-state index in [2.05, 4.69) is 5.32 Å². The Bertz CT molecular complexity index is 939. The number of nitrogens with one attached hydrogen (secondary N) is 1. The summed E-state index contributed by atoms with van der Waals surface area (Å²) in [7, 11) is 0. The molecule has 7 heteroatoms. The van der Waals surface area contributed by atoms with Crippen molar-refractivity contribution in [2.24, 2.45) is 0 Å². The van der Waals surface area contributed by atoms with Crippen LogP contribution < -0.4 is 15.0 Å². The summed E-state index contributed by atoms with van der Waals surface area (Å²) in [6, 6.07) is 14.9. The average molecular weight is 421 g/mol. The van der Waals surface area contributed by atoms with Gasteiger partial charge >= 0.3 is 6.03 Å². The average Bonchev–Trinajstić information content (AvgIpc) is 3.37. The molecule has 0 unspecified atom stereocenters. The van der Waals surface area contributed by atoms with E-state index in [9.17, 15) is 14.4 Å². The number of rotatable bonds is 7. The molecule has 0 radical (unpaired) electrons. The Kier molecular flexibility index (Phi) is 6.21. The molecule has 0 spiro atoms. The number of benzene rings is 2. The van der Waals surface area contributed by atoms with Crippen LogP contribution in [0.4, 0.5) is 16.2 Å². The molecule has 1 saturated heterocycles. The normalized spacial score (nSPS) is 19.2. The molecular formula is C24H27N3O4. The van der Waals surface area contributed by atoms with Gasteiger partial charge in [-0.25, -0.2) is 9.69 Å². The van der Waals surface area contributed by atoms with Gasteiger partial charge in [-0.2, -0.15) is 0 Å². The van der Waals surface area contributed by atoms with E-state index < -0.39 is 6.04 Å². The third kappa shape index (κ3) is 4.40. The SMILES string of the molecule is CCOc1ccc(NC(=O)C[C@@H]2C(=O)N(c3ccccc3)C(=O)N2C2CCCC2)cc1. The van der Waals surface area contributed by atoms with Gasteiger partial charge in [-0.05, 0) is 56.2 Å². The highest BCUT2D eigenvalue weighted by Crippen LogP contribution is 2.34. The van der Waals surface area contributed by atoms with E-state index in [0.717, 1.165) is 31.4 Å². The fraction of sp³-hybridized carbons (Fsp3) is 0.375. The number of ether oxygens (including phenoxy) is 1. The Hall–Kier alpha value is -3.35. The molecule has 2 aromatic carbocycles. The first-order valence-corrected chi connectivity index (χ1v) is 10.8. The molecular weight excluding hydrogens is 394 g/mol. The van der Waals surface area contributed by atoms with E-state index in [1.54, 1.807) is 53.4 Å². The Morgan fingerprint density at radius 3 is 2.35 bits per heavy atom. The lowest BCUT2D eigenvalue weighted by Gasteiger charge is -2.27. The van der Waals surface area contributed by atoms with Crippen LogP contribution in [0.1, 0.15) is 39.0 Å². The van der Waals surface area contributed by atoms with Crippen molar-refractivity contribution in [3.05, 3.63) is 54.6 Å². The second-order valence-electron chi connectivity index (χ2n) is 7.86. The maximum absolute atomic E-state index is 13.3. The lowest BCUT2D eigenvalue weighted by molar-refractivity contribution is -0.124. The van der Waals surface area contributed by atoms with Crippen LogP contribution in [0, 0.1) is 0 Å². The van der Waals surface area contributed by atoms with Crippen LogP contribution >= 0.6 is 0 Å². The van der Waals surface area contributed by atoms with E-state index in [1.165, 1.54) is 4.90 Å². The summed E-state index contributed by atoms with van der Waals surface area (Å²) in [6.45, 7) is 2.48. The van der Waals surface area contributed by atoms with Crippen LogP contribution in [-0.4, -0.2) is 41.4 Å². The summed E-state index contributed by atoms with van der Waals surface area (Å²) < 4.78 is 5.42. The maximum Gasteiger partial charge on any atom is 0.332 e. The van der Waals surface area contributed by atoms with Gasteiger partial charge < -0.3 is 15.0 Å². The van der Waals surface area contributed by atoms with Crippen LogP contribution in [0.3, 0.4) is 0 Å². The van der Waals surface area contributed by atoms with Gasteiger partial charge in [0.1, 0.15) is 11.8 Å². The summed E-state index contributed by atoms with van der Waals surface area (Å²) in [5, 5.41) is 2.84. The number of hydrogen-bond acceptors (Lipinski definition) is 4. The summed E-state index contributed by atoms with van der Waals surface area (Å²) >= 11 is 0. The minimum absolute atomic E-state index is 0.00608. The quantitative estimate of drug-likeness (QED) is 0.680. The summed E-state index contributed by atoms with van der Waals surface area (Å²) in [4.78, 5) is 42.1. The monoisotopic (exact) mass is 421 g/mol. The molecule has 1 atom stereocenters. The highest BCUT2D eigenvalue weighted by atomic mass is 16.5. The first-order chi connectivity index (χ1) is 15.1. The minimum atomic E-state index is -0.793. The third-order valence-electron chi connectivity index (χ3n) is 5.81. The molecule has 4 amide bonds. The van der Waals surface area contributed by atoms with Gasteiger partial charge in [-0.3, -0.25) is 9.59 Å². The maximum atomic E-state index is 13.3. The van der Waals surface area contributed by atoms with Gasteiger partial charge in [0.2, 0.25) is 5.91 Å². The first kappa shape index (κ1) is 20.9. The number of amides is 4. The molecule has 2 aliphatic rings. The van der Waals surface area contributed by atoms with Gasteiger partial charge in [-0.15, -0.1) is 0 Å². The molecule has 31 heavy (non-hydrogen) atoms. The Balaban J connectivity index is 1.52. The van der Waals surface area contributed by atoms with Gasteiger partial charge in [0, 0.05) is 11.7 Å². The van der Waals surface area contributed by atoms with Crippen molar-refractivity contribution >= 4 is 29.2 Å². The van der Waals surface area contributed by atoms with E-state index in [-0.39, 0.29) is 30.3 Å². The number of urea groups is 1. The standard InChI is InChI=1S/C24H27N3O4/c1-2-31-20-14-12-17(13-15-20)25-22(28)16-21-23(29)27(19-8-4-3-5-9-19)24(30)26(21)18-10-6-7-11-18/h3-5,8-9,12-15,18,21H,2,6-7,10-11,16H2,1H3,(H,25,28)/t21-/m1/s1. The molecule has 1 heterocycles. The lowest BCUT2D eigenvalue weighted by atomic mass is 10.1. The number of carbonyl (C=O) groups excluding carboxylic acids is 3. The number of nitrogens with zero attached hydrogens (tertiary/aromatic N) is 2. The summed E-state index contributed by atoms with van der Waals surface area (Å²) in [5.74, 6) is 0.0844. The molecule has 1 N–H and O–H groups in total. The van der Waals surface area contributed by atoms with Gasteiger partial charge in [0.25, 0.3) is 5.91 Å². The highest BCUT2D eigenvalue weighted by Gasteiger charge is 2.49. The second kappa shape index (κ2) is 9.20. The van der Waals surface area contributed by atoms with Crippen LogP contribution in [0.15, 0.2) is 54.6 Å². The largest absolute Gasteiger partial charge is 0.494 e. The molecule has 1 saturated carbocycles. The number of para-hydroxylation sites is 1. The van der Waals surface area contributed by atoms with Crippen molar-refractivity contribution in [3.63, 3.8) is 0 Å². The molecule has 1 aliphatic heterocycles. The Labute approximate surface area is 182 Å². The molecule has 7 nitrogen and oxygen atoms in total. The smallest absolute Gasteiger partial charge is 0.332 e. The van der Waals surface area contributed by atoms with Crippen LogP contribution in [-0.2, 0) is 9.59 Å². The zero-order chi connectivity index (χ0) is 21.8. The van der Waals surface area contributed by atoms with E-state index in [1.807, 2.05) is 13.0 Å². The van der Waals surface area contributed by atoms with Gasteiger partial charge in [0.15, 0.2) is 0 Å². The van der Waals surface area contributed by atoms with Crippen molar-refractivity contribution in [1.82, 2.24) is 4.90 Å². The highest BCUT2D eigenvalue weighted by molar-refractivity contribution is 6.22. The topological polar surface area (TPSA) is 79.0 Å². The van der Waals surface area contributed by atoms with E-state index >= 15 is 0 Å². The number of anilines is 2. The molecule has 0 aromatic heterocycles. The molecule has 0 bridgehead atoms. The number of carbonyl (C=O) groups is 3. The van der Waals surface area contributed by atoms with Crippen LogP contribution in [0.2, 0.25) is 0 Å². The Morgan fingerprint density at radius 2 is 1.71 bits per heavy atom. The summed E-state index contributed by atoms with van der Waals surface area (Å²) in [6.07, 6.45) is 3.70. The molecule has 2 fully saturated rings. The van der Waals surface area contributed by atoms with E-state index in [4.69, 9.17) is 4.74 Å². The fourth-order valence-corrected chi connectivity index (χ4v) is 4.39. The number of hydrogen-bond donors (Lipinski definition) is 1. The predicted molar refractivity (Wildman–Crippen MR) is 118 cm³/mol. The van der Waals surface area contributed by atoms with Gasteiger partial charge in [0.05, 0.1) is 18.7 Å². The van der Waals surface area contributed by atoms with Crippen molar-refractivity contribution < 1.29 is 19.1 Å². The zero-order valence-corrected chi connectivity index (χ0v) is 17.6. The summed E-state index contributed by atoms with van der Waals surface area (Å²) in [5.41, 5.74) is 1.16. The van der Waals surface area contributed by atoms with Crippen LogP contribution in [0.5, 0.6) is 5.75 Å². The first-order valence-electron chi connectivity index (χ1n) is 10.8. The minimum Gasteiger partial charge on any atom is -0.494 e. The second-order valence-corrected chi connectivity index (χ2v) is 7.86. The lowest BCUT2D eigenvalue weighted by Crippen LogP contribution is -2.43. The Morgan fingerprint density at radius 1 is 1.03 bits per heavy atom. The molecule has 162 valence electrons. The fourth-order valence-electron chi connectivity index (χ4n) is 4.39. The molecule has 4 rings (SSSR count). The zero-order valence-electron chi connectivity index (χ0n) is 17.6. The van der Waals surface area contributed by atoms with E-state index in [0.29, 0.717) is 18.0 Å². The molecule has 1 aliphatic carbocycles. The number of imide groups is 1. The van der Waals surface area contributed by atoms with Crippen molar-refractivity contribution in [1.29, 1.82) is 0 Å². The van der Waals surface area contributed by atoms with Crippen molar-refractivity contribution in [3.8, 4) is 5.75 Å². The van der Waals surface area contributed by atoms with Crippen molar-refractivity contribution in [2.75, 3.05) is 16.8 Å². The van der Waals surface area contributed by atoms with Crippen LogP contribution in [0.25, 0.3) is 0 Å². The molecule has 2 aromatic rings. The van der Waals surface area contributed by atoms with Crippen molar-refractivity contribution in [2.45, 2.75) is 51.1 Å². The predicted octanol–water partition coefficient (Wildman–Crippen LogP) is 4.19. The third-order valence-corrected chi connectivity index (χ3v) is 5.81.